The molecule has 0 radical (unpaired) electrons. The molecule has 0 aliphatic heterocycles. The summed E-state index contributed by atoms with van der Waals surface area (Å²) in [5.41, 5.74) is 3.03. The van der Waals surface area contributed by atoms with Gasteiger partial charge in [-0.25, -0.2) is 0 Å². The van der Waals surface area contributed by atoms with Crippen molar-refractivity contribution in [1.82, 2.24) is 0 Å². The molecule has 3 aliphatic carbocycles. The van der Waals surface area contributed by atoms with Crippen LogP contribution in [0, 0.1) is 29.6 Å². The van der Waals surface area contributed by atoms with E-state index in [-0.39, 0.29) is 0 Å². The number of carbonyl (C=O) groups is 1. The summed E-state index contributed by atoms with van der Waals surface area (Å²) in [5, 5.41) is 0. The molecular formula is C30H46O. The molecule has 0 heterocycles. The lowest BCUT2D eigenvalue weighted by molar-refractivity contribution is -0.111. The van der Waals surface area contributed by atoms with Crippen molar-refractivity contribution in [2.45, 2.75) is 116 Å². The standard InChI is InChI=1S/C30H46O/c1-2-3-23-6-14-27(15-7-23)28-16-8-24(9-17-28)4-5-25-10-18-29(19-11-25)30-20-12-26(22-31)13-21-30/h10-11,18-19,22-24,26-28,30H,2-9,12-17,20-21H2,1H3. The number of rotatable bonds is 8. The van der Waals surface area contributed by atoms with Crippen LogP contribution in [0.4, 0.5) is 0 Å². The topological polar surface area (TPSA) is 17.1 Å². The van der Waals surface area contributed by atoms with Crippen LogP contribution in [0.1, 0.15) is 120 Å². The van der Waals surface area contributed by atoms with Crippen LogP contribution in [0.5, 0.6) is 0 Å². The number of aldehydes is 1. The lowest BCUT2D eigenvalue weighted by Gasteiger charge is -2.38. The second-order valence-electron chi connectivity index (χ2n) is 11.4. The van der Waals surface area contributed by atoms with Crippen LogP contribution in [-0.4, -0.2) is 6.29 Å². The maximum atomic E-state index is 11.0. The summed E-state index contributed by atoms with van der Waals surface area (Å²) in [6.07, 6.45) is 23.3. The van der Waals surface area contributed by atoms with Crippen LogP contribution in [-0.2, 0) is 11.2 Å². The van der Waals surface area contributed by atoms with E-state index in [4.69, 9.17) is 0 Å². The Morgan fingerprint density at radius 1 is 0.710 bits per heavy atom. The second-order valence-corrected chi connectivity index (χ2v) is 11.4. The lowest BCUT2D eigenvalue weighted by atomic mass is 9.68. The highest BCUT2D eigenvalue weighted by Crippen LogP contribution is 2.43. The maximum Gasteiger partial charge on any atom is 0.123 e. The van der Waals surface area contributed by atoms with Gasteiger partial charge >= 0.3 is 0 Å². The van der Waals surface area contributed by atoms with Gasteiger partial charge in [0.2, 0.25) is 0 Å². The van der Waals surface area contributed by atoms with Crippen LogP contribution < -0.4 is 0 Å². The first-order valence-electron chi connectivity index (χ1n) is 13.8. The molecule has 1 aromatic rings. The summed E-state index contributed by atoms with van der Waals surface area (Å²) in [4.78, 5) is 11.0. The first kappa shape index (κ1) is 23.1. The summed E-state index contributed by atoms with van der Waals surface area (Å²) in [6, 6.07) is 9.54. The van der Waals surface area contributed by atoms with Crippen molar-refractivity contribution >= 4 is 6.29 Å². The van der Waals surface area contributed by atoms with E-state index in [1.165, 1.54) is 107 Å². The zero-order valence-electron chi connectivity index (χ0n) is 20.1. The number of hydrogen-bond donors (Lipinski definition) is 0. The number of benzene rings is 1. The Kier molecular flexibility index (Phi) is 8.68. The van der Waals surface area contributed by atoms with Crippen molar-refractivity contribution in [3.05, 3.63) is 35.4 Å². The van der Waals surface area contributed by atoms with E-state index in [9.17, 15) is 4.79 Å². The Balaban J connectivity index is 1.15. The van der Waals surface area contributed by atoms with Gasteiger partial charge in [0, 0.05) is 5.92 Å². The Morgan fingerprint density at radius 2 is 1.26 bits per heavy atom. The molecule has 0 bridgehead atoms. The highest BCUT2D eigenvalue weighted by atomic mass is 16.1. The van der Waals surface area contributed by atoms with E-state index in [1.54, 1.807) is 0 Å². The highest BCUT2D eigenvalue weighted by molar-refractivity contribution is 5.53. The average Bonchev–Trinajstić information content (AvgIpc) is 2.84. The fourth-order valence-corrected chi connectivity index (χ4v) is 7.22. The summed E-state index contributed by atoms with van der Waals surface area (Å²) in [6.45, 7) is 2.35. The molecule has 172 valence electrons. The van der Waals surface area contributed by atoms with Gasteiger partial charge in [-0.1, -0.05) is 69.7 Å². The van der Waals surface area contributed by atoms with Crippen molar-refractivity contribution in [2.75, 3.05) is 0 Å². The van der Waals surface area contributed by atoms with E-state index >= 15 is 0 Å². The molecule has 0 spiro atoms. The molecule has 31 heavy (non-hydrogen) atoms. The van der Waals surface area contributed by atoms with E-state index in [0.717, 1.165) is 36.5 Å². The maximum absolute atomic E-state index is 11.0. The van der Waals surface area contributed by atoms with Crippen molar-refractivity contribution in [1.29, 1.82) is 0 Å². The van der Waals surface area contributed by atoms with E-state index in [1.807, 2.05) is 0 Å². The molecular weight excluding hydrogens is 376 g/mol. The predicted octanol–water partition coefficient (Wildman–Crippen LogP) is 8.50. The van der Waals surface area contributed by atoms with Crippen LogP contribution in [0.3, 0.4) is 0 Å². The normalized spacial score (nSPS) is 34.4. The Labute approximate surface area is 191 Å². The third kappa shape index (κ3) is 6.45. The molecule has 0 N–H and O–H groups in total. The molecule has 0 atom stereocenters. The first-order valence-corrected chi connectivity index (χ1v) is 13.8. The highest BCUT2D eigenvalue weighted by Gasteiger charge is 2.30. The fraction of sp³-hybridized carbons (Fsp3) is 0.767. The van der Waals surface area contributed by atoms with Gasteiger partial charge in [0.15, 0.2) is 0 Å². The monoisotopic (exact) mass is 422 g/mol. The molecule has 4 rings (SSSR count). The molecule has 3 saturated carbocycles. The average molecular weight is 423 g/mol. The minimum atomic E-state index is 0.321. The third-order valence-electron chi connectivity index (χ3n) is 9.40. The van der Waals surface area contributed by atoms with E-state index in [2.05, 4.69) is 31.2 Å². The molecule has 1 heteroatoms. The number of hydrogen-bond acceptors (Lipinski definition) is 1. The van der Waals surface area contributed by atoms with Crippen molar-refractivity contribution < 1.29 is 4.79 Å². The zero-order valence-corrected chi connectivity index (χ0v) is 20.1. The molecule has 3 aliphatic rings. The fourth-order valence-electron chi connectivity index (χ4n) is 7.22. The summed E-state index contributed by atoms with van der Waals surface area (Å²) >= 11 is 0. The molecule has 3 fully saturated rings. The Bertz CT molecular complexity index is 637. The molecule has 0 saturated heterocycles. The van der Waals surface area contributed by atoms with Crippen molar-refractivity contribution in [3.8, 4) is 0 Å². The largest absolute Gasteiger partial charge is 0.303 e. The number of carbonyl (C=O) groups excluding carboxylic acids is 1. The van der Waals surface area contributed by atoms with Crippen LogP contribution in [0.15, 0.2) is 24.3 Å². The third-order valence-corrected chi connectivity index (χ3v) is 9.40. The summed E-state index contributed by atoms with van der Waals surface area (Å²) in [5.74, 6) is 5.12. The summed E-state index contributed by atoms with van der Waals surface area (Å²) in [7, 11) is 0. The smallest absolute Gasteiger partial charge is 0.123 e. The van der Waals surface area contributed by atoms with Gasteiger partial charge in [0.1, 0.15) is 6.29 Å². The molecule has 0 unspecified atom stereocenters. The summed E-state index contributed by atoms with van der Waals surface area (Å²) < 4.78 is 0. The van der Waals surface area contributed by atoms with Gasteiger partial charge in [-0.05, 0) is 105 Å². The minimum Gasteiger partial charge on any atom is -0.303 e. The van der Waals surface area contributed by atoms with Crippen molar-refractivity contribution in [2.24, 2.45) is 29.6 Å². The second kappa shape index (κ2) is 11.7. The van der Waals surface area contributed by atoms with Crippen LogP contribution in [0.25, 0.3) is 0 Å². The lowest BCUT2D eigenvalue weighted by Crippen LogP contribution is -2.26. The van der Waals surface area contributed by atoms with Gasteiger partial charge in [0.25, 0.3) is 0 Å². The van der Waals surface area contributed by atoms with E-state index in [0.29, 0.717) is 11.8 Å². The van der Waals surface area contributed by atoms with Crippen LogP contribution in [0.2, 0.25) is 0 Å². The zero-order chi connectivity index (χ0) is 21.5. The molecule has 0 amide bonds. The molecule has 1 nitrogen and oxygen atoms in total. The van der Waals surface area contributed by atoms with E-state index < -0.39 is 0 Å². The van der Waals surface area contributed by atoms with Gasteiger partial charge in [0.05, 0.1) is 0 Å². The van der Waals surface area contributed by atoms with Crippen molar-refractivity contribution in [3.63, 3.8) is 0 Å². The van der Waals surface area contributed by atoms with Crippen LogP contribution >= 0.6 is 0 Å². The minimum absolute atomic E-state index is 0.321. The van der Waals surface area contributed by atoms with Gasteiger partial charge in [-0.3, -0.25) is 0 Å². The van der Waals surface area contributed by atoms with Gasteiger partial charge in [-0.15, -0.1) is 0 Å². The van der Waals surface area contributed by atoms with Gasteiger partial charge in [-0.2, -0.15) is 0 Å². The SMILES string of the molecule is CCCC1CCC(C2CCC(CCc3ccc(C4CCC(C=O)CC4)cc3)CC2)CC1. The Hall–Kier alpha value is -1.11. The predicted molar refractivity (Wildman–Crippen MR) is 131 cm³/mol. The first-order chi connectivity index (χ1) is 15.2. The molecule has 0 aromatic heterocycles. The molecule has 1 aromatic carbocycles. The van der Waals surface area contributed by atoms with Gasteiger partial charge < -0.3 is 4.79 Å². The quantitative estimate of drug-likeness (QED) is 0.384. The number of aryl methyl sites for hydroxylation is 1. The Morgan fingerprint density at radius 3 is 1.77 bits per heavy atom.